The summed E-state index contributed by atoms with van der Waals surface area (Å²) in [6, 6.07) is 0. The minimum Gasteiger partial charge on any atom is -0.458 e. The molecule has 1 spiro atoms. The second-order valence-electron chi connectivity index (χ2n) is 13.9. The third-order valence-electron chi connectivity index (χ3n) is 12.4. The van der Waals surface area contributed by atoms with Crippen LogP contribution in [-0.2, 0) is 33.3 Å². The lowest BCUT2D eigenvalue weighted by Crippen LogP contribution is -2.75. The smallest absolute Gasteiger partial charge is 0.331 e. The summed E-state index contributed by atoms with van der Waals surface area (Å²) in [5.41, 5.74) is -3.32. The quantitative estimate of drug-likeness (QED) is 0.261. The Balaban J connectivity index is 1.14. The maximum Gasteiger partial charge on any atom is 0.331 e. The molecule has 40 heavy (non-hydrogen) atoms. The van der Waals surface area contributed by atoms with E-state index in [2.05, 4.69) is 6.92 Å². The van der Waals surface area contributed by atoms with Gasteiger partial charge in [0.2, 0.25) is 0 Å². The fourth-order valence-corrected chi connectivity index (χ4v) is 10.2. The van der Waals surface area contributed by atoms with E-state index in [0.717, 1.165) is 12.0 Å². The molecule has 0 aromatic carbocycles. The topological polar surface area (TPSA) is 144 Å². The van der Waals surface area contributed by atoms with Gasteiger partial charge in [-0.1, -0.05) is 13.8 Å². The fraction of sp³-hybridized carbons (Fsp3) is 0.867. The molecular weight excluding hydrogens is 520 g/mol. The Kier molecular flexibility index (Phi) is 6.04. The number of carbonyl (C=O) groups is 2. The largest absolute Gasteiger partial charge is 0.458 e. The summed E-state index contributed by atoms with van der Waals surface area (Å²) in [5, 5.41) is 34.6. The lowest BCUT2D eigenvalue weighted by Gasteiger charge is -2.62. The van der Waals surface area contributed by atoms with Gasteiger partial charge in [0.05, 0.1) is 30.3 Å². The number of aliphatic hydroxyl groups excluding tert-OH is 2. The molecule has 3 aliphatic heterocycles. The SMILES string of the molecule is CO[C@@H]1C[C@@H](O[C@H]2CC[C@@]3(C)[C@@H](C2)C[C@@H]2O[C@]24[C@H]3C(=O)[C@H](O)[C@]2(C)[C@@H](C3=CC(=O)OC3)CC[C@@]24O)O[C@H](C)[C@@H]1O. The van der Waals surface area contributed by atoms with Crippen LogP contribution in [0.25, 0.3) is 0 Å². The number of methoxy groups -OCH3 is 1. The van der Waals surface area contributed by atoms with E-state index in [1.165, 1.54) is 6.08 Å². The molecule has 6 fully saturated rings. The van der Waals surface area contributed by atoms with Crippen LogP contribution in [0.4, 0.5) is 0 Å². The molecule has 10 heteroatoms. The monoisotopic (exact) mass is 562 g/mol. The highest BCUT2D eigenvalue weighted by molar-refractivity contribution is 5.92. The van der Waals surface area contributed by atoms with E-state index in [0.29, 0.717) is 38.5 Å². The zero-order chi connectivity index (χ0) is 28.4. The summed E-state index contributed by atoms with van der Waals surface area (Å²) < 4.78 is 29.5. The molecule has 0 aromatic heterocycles. The van der Waals surface area contributed by atoms with Gasteiger partial charge in [-0.3, -0.25) is 4.79 Å². The van der Waals surface area contributed by atoms with E-state index in [9.17, 15) is 24.9 Å². The van der Waals surface area contributed by atoms with Gasteiger partial charge >= 0.3 is 5.97 Å². The summed E-state index contributed by atoms with van der Waals surface area (Å²) in [7, 11) is 1.58. The van der Waals surface area contributed by atoms with Gasteiger partial charge in [-0.05, 0) is 68.3 Å². The molecule has 4 saturated carbocycles. The van der Waals surface area contributed by atoms with Gasteiger partial charge in [0.25, 0.3) is 0 Å². The molecule has 0 aromatic rings. The second-order valence-corrected chi connectivity index (χ2v) is 13.9. The highest BCUT2D eigenvalue weighted by atomic mass is 16.7. The third-order valence-corrected chi connectivity index (χ3v) is 12.4. The first-order chi connectivity index (χ1) is 18.9. The van der Waals surface area contributed by atoms with Crippen molar-refractivity contribution in [2.24, 2.45) is 28.6 Å². The van der Waals surface area contributed by atoms with Crippen LogP contribution in [-0.4, -0.2) is 94.9 Å². The predicted octanol–water partition coefficient (Wildman–Crippen LogP) is 1.42. The Hall–Kier alpha value is -1.40. The number of esters is 1. The van der Waals surface area contributed by atoms with Gasteiger partial charge in [-0.2, -0.15) is 0 Å². The molecule has 10 nitrogen and oxygen atoms in total. The molecule has 2 saturated heterocycles. The van der Waals surface area contributed by atoms with Crippen molar-refractivity contribution in [3.8, 4) is 0 Å². The minimum absolute atomic E-state index is 0.0751. The number of aliphatic hydroxyl groups is 3. The van der Waals surface area contributed by atoms with Crippen LogP contribution in [0.3, 0.4) is 0 Å². The number of rotatable bonds is 4. The van der Waals surface area contributed by atoms with E-state index in [1.807, 2.05) is 6.92 Å². The van der Waals surface area contributed by atoms with E-state index in [-0.39, 0.29) is 42.5 Å². The van der Waals surface area contributed by atoms with Gasteiger partial charge in [-0.15, -0.1) is 0 Å². The van der Waals surface area contributed by atoms with Crippen LogP contribution in [0.1, 0.15) is 65.7 Å². The van der Waals surface area contributed by atoms with Crippen LogP contribution in [0, 0.1) is 28.6 Å². The average Bonchev–Trinajstić information content (AvgIpc) is 3.36. The molecule has 0 unspecified atom stereocenters. The van der Waals surface area contributed by atoms with E-state index in [4.69, 9.17) is 23.7 Å². The number of hydrogen-bond acceptors (Lipinski definition) is 10. The average molecular weight is 563 g/mol. The number of Topliss-reactive ketones (excluding diaryl/α,β-unsaturated/α-hetero) is 1. The van der Waals surface area contributed by atoms with E-state index >= 15 is 0 Å². The summed E-state index contributed by atoms with van der Waals surface area (Å²) in [6.45, 7) is 5.87. The molecule has 3 N–H and O–H groups in total. The van der Waals surface area contributed by atoms with Gasteiger partial charge < -0.3 is 39.0 Å². The van der Waals surface area contributed by atoms with Crippen LogP contribution in [0.15, 0.2) is 11.6 Å². The number of ether oxygens (including phenoxy) is 5. The summed E-state index contributed by atoms with van der Waals surface area (Å²) in [5.74, 6) is -1.51. The first kappa shape index (κ1) is 27.4. The van der Waals surface area contributed by atoms with Crippen molar-refractivity contribution in [1.29, 1.82) is 0 Å². The van der Waals surface area contributed by atoms with Crippen molar-refractivity contribution in [2.45, 2.75) is 120 Å². The molecule has 4 aliphatic carbocycles. The second kappa shape index (κ2) is 8.81. The zero-order valence-electron chi connectivity index (χ0n) is 23.7. The highest BCUT2D eigenvalue weighted by Gasteiger charge is 2.88. The van der Waals surface area contributed by atoms with Gasteiger partial charge in [0, 0.05) is 25.0 Å². The Labute approximate surface area is 234 Å². The standard InChI is InChI=1S/C30H42O10/c1-14-23(32)19(36-4)12-22(38-14)39-17-5-7-27(2)16(10-17)11-20-30(40-20)25(27)24(33)26(34)28(3)18(6-8-29(28,30)35)15-9-21(31)37-13-15/h9,14,16-20,22-23,25-26,32,34-35H,5-8,10-13H2,1-4H3/t14-,16+,17+,18-,19-,20+,22-,23+,25+,26+,27+,28+,29-,30+/m1/s1. The van der Waals surface area contributed by atoms with Crippen LogP contribution in [0.5, 0.6) is 0 Å². The molecule has 0 amide bonds. The van der Waals surface area contributed by atoms with Crippen LogP contribution < -0.4 is 0 Å². The Morgan fingerprint density at radius 2 is 1.85 bits per heavy atom. The first-order valence-corrected chi connectivity index (χ1v) is 14.9. The van der Waals surface area contributed by atoms with Crippen LogP contribution in [0.2, 0.25) is 0 Å². The molecule has 3 heterocycles. The number of ketones is 1. The normalized spacial score (nSPS) is 56.9. The van der Waals surface area contributed by atoms with Crippen molar-refractivity contribution in [2.75, 3.05) is 13.7 Å². The van der Waals surface area contributed by atoms with Gasteiger partial charge in [0.15, 0.2) is 12.1 Å². The molecule has 14 atom stereocenters. The third kappa shape index (κ3) is 3.30. The Bertz CT molecular complexity index is 1140. The van der Waals surface area contributed by atoms with E-state index in [1.54, 1.807) is 14.0 Å². The van der Waals surface area contributed by atoms with Crippen molar-refractivity contribution in [3.05, 3.63) is 11.6 Å². The fourth-order valence-electron chi connectivity index (χ4n) is 10.2. The van der Waals surface area contributed by atoms with Crippen LogP contribution >= 0.6 is 0 Å². The van der Waals surface area contributed by atoms with Crippen molar-refractivity contribution in [3.63, 3.8) is 0 Å². The maximum atomic E-state index is 14.3. The Morgan fingerprint density at radius 3 is 2.55 bits per heavy atom. The lowest BCUT2D eigenvalue weighted by molar-refractivity contribution is -0.272. The first-order valence-electron chi connectivity index (χ1n) is 14.9. The number of carbonyl (C=O) groups excluding carboxylic acids is 2. The number of fused-ring (bicyclic) bond motifs is 3. The van der Waals surface area contributed by atoms with Crippen molar-refractivity contribution in [1.82, 2.24) is 0 Å². The summed E-state index contributed by atoms with van der Waals surface area (Å²) >= 11 is 0. The molecular formula is C30H42O10. The van der Waals surface area contributed by atoms with E-state index < -0.39 is 58.5 Å². The van der Waals surface area contributed by atoms with Crippen molar-refractivity contribution >= 4 is 11.8 Å². The number of hydrogen-bond donors (Lipinski definition) is 3. The molecule has 7 rings (SSSR count). The molecule has 0 radical (unpaired) electrons. The Morgan fingerprint density at radius 1 is 1.07 bits per heavy atom. The molecule has 7 aliphatic rings. The van der Waals surface area contributed by atoms with Gasteiger partial charge in [0.1, 0.15) is 30.0 Å². The number of cyclic esters (lactones) is 1. The summed E-state index contributed by atoms with van der Waals surface area (Å²) in [4.78, 5) is 26.1. The zero-order valence-corrected chi connectivity index (χ0v) is 23.7. The highest BCUT2D eigenvalue weighted by Crippen LogP contribution is 2.76. The molecule has 222 valence electrons. The minimum atomic E-state index is -1.40. The maximum absolute atomic E-state index is 14.3. The number of epoxide rings is 1. The predicted molar refractivity (Wildman–Crippen MR) is 138 cm³/mol. The molecule has 0 bridgehead atoms. The van der Waals surface area contributed by atoms with Crippen molar-refractivity contribution < 1.29 is 48.6 Å². The summed E-state index contributed by atoms with van der Waals surface area (Å²) in [6.07, 6.45) is 2.05. The lowest BCUT2D eigenvalue weighted by atomic mass is 9.41. The van der Waals surface area contributed by atoms with Gasteiger partial charge in [-0.25, -0.2) is 4.79 Å².